The lowest BCUT2D eigenvalue weighted by molar-refractivity contribution is -0.155. The molecule has 2 aliphatic rings. The Morgan fingerprint density at radius 3 is 2.43 bits per heavy atom. The number of nitrogens with one attached hydrogen (secondary N) is 1. The average Bonchev–Trinajstić information content (AvgIpc) is 2.95. The first-order chi connectivity index (χ1) is 14.2. The van der Waals surface area contributed by atoms with Crippen LogP contribution in [0.2, 0.25) is 0 Å². The molecule has 7 heteroatoms. The third-order valence-corrected chi connectivity index (χ3v) is 5.97. The van der Waals surface area contributed by atoms with Crippen molar-refractivity contribution in [1.29, 1.82) is 0 Å². The molecule has 7 nitrogen and oxygen atoms in total. The zero-order valence-electron chi connectivity index (χ0n) is 19.0. The molecule has 2 amide bonds. The fourth-order valence-electron chi connectivity index (χ4n) is 4.70. The summed E-state index contributed by atoms with van der Waals surface area (Å²) >= 11 is 0. The molecule has 1 saturated heterocycles. The molecule has 5 atom stereocenters. The van der Waals surface area contributed by atoms with Crippen LogP contribution < -0.4 is 5.32 Å². The molecule has 0 spiro atoms. The molecule has 1 aliphatic heterocycles. The van der Waals surface area contributed by atoms with E-state index in [1.807, 2.05) is 39.8 Å². The molecule has 1 heterocycles. The van der Waals surface area contributed by atoms with Gasteiger partial charge in [0.1, 0.15) is 6.04 Å². The van der Waals surface area contributed by atoms with Gasteiger partial charge in [-0.15, -0.1) is 0 Å². The van der Waals surface area contributed by atoms with Crippen molar-refractivity contribution in [1.82, 2.24) is 10.2 Å². The van der Waals surface area contributed by atoms with E-state index in [1.165, 1.54) is 0 Å². The van der Waals surface area contributed by atoms with Crippen LogP contribution >= 0.6 is 0 Å². The monoisotopic (exact) mass is 422 g/mol. The van der Waals surface area contributed by atoms with Crippen molar-refractivity contribution in [2.75, 3.05) is 19.8 Å². The minimum absolute atomic E-state index is 0.0742. The number of carbonyl (C=O) groups is 3. The molecule has 0 aromatic carbocycles. The van der Waals surface area contributed by atoms with E-state index in [2.05, 4.69) is 5.32 Å². The van der Waals surface area contributed by atoms with Crippen LogP contribution in [0.15, 0.2) is 12.2 Å². The first-order valence-corrected chi connectivity index (χ1v) is 11.2. The Balaban J connectivity index is 2.38. The van der Waals surface area contributed by atoms with Gasteiger partial charge >= 0.3 is 5.97 Å². The molecule has 0 radical (unpaired) electrons. The van der Waals surface area contributed by atoms with Crippen LogP contribution in [0.3, 0.4) is 0 Å². The van der Waals surface area contributed by atoms with Crippen LogP contribution in [0.5, 0.6) is 0 Å². The highest BCUT2D eigenvalue weighted by Gasteiger charge is 2.57. The van der Waals surface area contributed by atoms with Crippen molar-refractivity contribution in [3.8, 4) is 0 Å². The topological polar surface area (TPSA) is 95.9 Å². The molecule has 2 rings (SSSR count). The van der Waals surface area contributed by atoms with Crippen LogP contribution in [0.1, 0.15) is 60.3 Å². The summed E-state index contributed by atoms with van der Waals surface area (Å²) in [5.41, 5.74) is -0.425. The number of esters is 1. The van der Waals surface area contributed by atoms with Crippen molar-refractivity contribution in [3.63, 3.8) is 0 Å². The van der Waals surface area contributed by atoms with E-state index in [9.17, 15) is 14.4 Å². The summed E-state index contributed by atoms with van der Waals surface area (Å²) in [4.78, 5) is 41.2. The number of ether oxygens (including phenoxy) is 1. The number of nitrogens with zero attached hydrogens (tertiary/aromatic N) is 1. The van der Waals surface area contributed by atoms with Gasteiger partial charge in [-0.1, -0.05) is 19.1 Å². The summed E-state index contributed by atoms with van der Waals surface area (Å²) in [6.07, 6.45) is 6.83. The Morgan fingerprint density at radius 2 is 1.87 bits per heavy atom. The maximum absolute atomic E-state index is 13.5. The first kappa shape index (κ1) is 24.4. The van der Waals surface area contributed by atoms with E-state index in [0.29, 0.717) is 19.4 Å². The van der Waals surface area contributed by atoms with E-state index in [-0.39, 0.29) is 42.8 Å². The second-order valence-electron chi connectivity index (χ2n) is 9.34. The van der Waals surface area contributed by atoms with E-state index < -0.39 is 23.4 Å². The molecule has 0 bridgehead atoms. The van der Waals surface area contributed by atoms with Gasteiger partial charge in [-0.2, -0.15) is 0 Å². The zero-order chi connectivity index (χ0) is 22.5. The number of carbonyl (C=O) groups excluding carboxylic acids is 3. The Labute approximate surface area is 180 Å². The Kier molecular flexibility index (Phi) is 8.47. The minimum Gasteiger partial charge on any atom is -0.466 e. The van der Waals surface area contributed by atoms with E-state index in [0.717, 1.165) is 12.8 Å². The average molecular weight is 423 g/mol. The quantitative estimate of drug-likeness (QED) is 0.338. The van der Waals surface area contributed by atoms with Crippen LogP contribution in [0.25, 0.3) is 0 Å². The van der Waals surface area contributed by atoms with Gasteiger partial charge < -0.3 is 20.1 Å². The summed E-state index contributed by atoms with van der Waals surface area (Å²) in [5, 5.41) is 12.1. The Bertz CT molecular complexity index is 654. The highest BCUT2D eigenvalue weighted by atomic mass is 16.5. The molecule has 170 valence electrons. The second kappa shape index (κ2) is 10.4. The Hall–Kier alpha value is -1.89. The summed E-state index contributed by atoms with van der Waals surface area (Å²) in [7, 11) is 0. The standard InChI is InChI=1S/C23H38N2O5/c1-6-15-11-12-16-18(17(15)22(29)30-7-2)21(28)25(13-9-8-10-14-26)19(16)20(27)24-23(3,4)5/h11-12,15-19,26H,6-10,13-14H2,1-5H3,(H,24,27)/t15-,16+,17-,18-,19+/m1/s1. The van der Waals surface area contributed by atoms with Gasteiger partial charge in [0.2, 0.25) is 11.8 Å². The number of hydrogen-bond donors (Lipinski definition) is 2. The number of amides is 2. The van der Waals surface area contributed by atoms with Gasteiger partial charge in [0.05, 0.1) is 18.4 Å². The van der Waals surface area contributed by atoms with Crippen molar-refractivity contribution in [3.05, 3.63) is 12.2 Å². The third kappa shape index (κ3) is 5.42. The number of unbranched alkanes of at least 4 members (excludes halogenated alkanes) is 2. The molecule has 30 heavy (non-hydrogen) atoms. The molecule has 0 unspecified atom stereocenters. The maximum Gasteiger partial charge on any atom is 0.310 e. The first-order valence-electron chi connectivity index (χ1n) is 11.2. The van der Waals surface area contributed by atoms with E-state index in [4.69, 9.17) is 9.84 Å². The number of likely N-dealkylation sites (tertiary alicyclic amines) is 1. The number of rotatable bonds is 9. The van der Waals surface area contributed by atoms with Gasteiger partial charge in [0, 0.05) is 24.6 Å². The number of hydrogen-bond acceptors (Lipinski definition) is 5. The molecule has 0 aromatic heterocycles. The highest BCUT2D eigenvalue weighted by Crippen LogP contribution is 2.45. The van der Waals surface area contributed by atoms with Crippen molar-refractivity contribution >= 4 is 17.8 Å². The normalized spacial score (nSPS) is 28.4. The number of fused-ring (bicyclic) bond motifs is 1. The number of allylic oxidation sites excluding steroid dienone is 1. The summed E-state index contributed by atoms with van der Waals surface area (Å²) in [6, 6.07) is -0.637. The van der Waals surface area contributed by atoms with E-state index in [1.54, 1.807) is 11.8 Å². The number of aliphatic hydroxyl groups is 1. The molecule has 1 aliphatic carbocycles. The molecule has 1 fully saturated rings. The fourth-order valence-corrected chi connectivity index (χ4v) is 4.70. The molecule has 0 saturated carbocycles. The summed E-state index contributed by atoms with van der Waals surface area (Å²) < 4.78 is 5.32. The van der Waals surface area contributed by atoms with Crippen LogP contribution in [0.4, 0.5) is 0 Å². The van der Waals surface area contributed by atoms with Crippen LogP contribution in [-0.2, 0) is 19.1 Å². The smallest absolute Gasteiger partial charge is 0.310 e. The van der Waals surface area contributed by atoms with Crippen molar-refractivity contribution in [2.45, 2.75) is 71.9 Å². The lowest BCUT2D eigenvalue weighted by Gasteiger charge is -2.34. The summed E-state index contributed by atoms with van der Waals surface area (Å²) in [6.45, 7) is 10.3. The van der Waals surface area contributed by atoms with Crippen molar-refractivity contribution in [2.24, 2.45) is 23.7 Å². The van der Waals surface area contributed by atoms with Crippen LogP contribution in [-0.4, -0.2) is 59.1 Å². The second-order valence-corrected chi connectivity index (χ2v) is 9.34. The predicted octanol–water partition coefficient (Wildman–Crippen LogP) is 2.28. The van der Waals surface area contributed by atoms with E-state index >= 15 is 0 Å². The lowest BCUT2D eigenvalue weighted by atomic mass is 9.69. The predicted molar refractivity (Wildman–Crippen MR) is 114 cm³/mol. The summed E-state index contributed by atoms with van der Waals surface area (Å²) in [5.74, 6) is -2.25. The van der Waals surface area contributed by atoms with Gasteiger partial charge in [0.15, 0.2) is 0 Å². The SMILES string of the molecule is CCOC(=O)[C@H]1[C@@H]2C(=O)N(CCCCCO)[C@H](C(=O)NC(C)(C)C)[C@H]2C=C[C@H]1CC. The molecular formula is C23H38N2O5. The number of aliphatic hydroxyl groups excluding tert-OH is 1. The maximum atomic E-state index is 13.5. The lowest BCUT2D eigenvalue weighted by Crippen LogP contribution is -2.52. The largest absolute Gasteiger partial charge is 0.466 e. The Morgan fingerprint density at radius 1 is 1.17 bits per heavy atom. The van der Waals surface area contributed by atoms with Gasteiger partial charge in [-0.25, -0.2) is 0 Å². The highest BCUT2D eigenvalue weighted by molar-refractivity contribution is 5.96. The van der Waals surface area contributed by atoms with Crippen molar-refractivity contribution < 1.29 is 24.2 Å². The van der Waals surface area contributed by atoms with Gasteiger partial charge in [-0.05, 0) is 59.3 Å². The van der Waals surface area contributed by atoms with Crippen LogP contribution in [0, 0.1) is 23.7 Å². The fraction of sp³-hybridized carbons (Fsp3) is 0.783. The zero-order valence-corrected chi connectivity index (χ0v) is 19.0. The third-order valence-electron chi connectivity index (χ3n) is 5.97. The van der Waals surface area contributed by atoms with Gasteiger partial charge in [-0.3, -0.25) is 14.4 Å². The molecular weight excluding hydrogens is 384 g/mol. The molecule has 2 N–H and O–H groups in total. The molecule has 0 aromatic rings. The minimum atomic E-state index is -0.637. The van der Waals surface area contributed by atoms with Gasteiger partial charge in [0.25, 0.3) is 0 Å².